The minimum atomic E-state index is -4.58. The van der Waals surface area contributed by atoms with Crippen LogP contribution in [0.25, 0.3) is 11.1 Å². The summed E-state index contributed by atoms with van der Waals surface area (Å²) < 4.78 is 27.5. The quantitative estimate of drug-likeness (QED) is 0.299. The minimum Gasteiger partial charge on any atom is -0.508 e. The number of phenolic OH excluding ortho intramolecular Hbond substituents is 1. The van der Waals surface area contributed by atoms with Gasteiger partial charge in [0.2, 0.25) is 5.91 Å². The fourth-order valence-corrected chi connectivity index (χ4v) is 7.54. The molecule has 2 fully saturated rings. The predicted molar refractivity (Wildman–Crippen MR) is 168 cm³/mol. The number of benzene rings is 3. The summed E-state index contributed by atoms with van der Waals surface area (Å²) in [5.74, 6) is -1.53. The molecule has 1 aromatic heterocycles. The number of Topliss-reactive ketones (excluding diaryl/α,β-unsaturated/α-hetero) is 1. The number of hydrogen-bond donors (Lipinski definition) is 2. The number of nitrogens with one attached hydrogen (secondary N) is 1. The maximum Gasteiger partial charge on any atom is 0.293 e. The summed E-state index contributed by atoms with van der Waals surface area (Å²) in [6.45, 7) is -0.489. The van der Waals surface area contributed by atoms with Crippen LogP contribution in [0.1, 0.15) is 32.7 Å². The van der Waals surface area contributed by atoms with Gasteiger partial charge >= 0.3 is 0 Å². The van der Waals surface area contributed by atoms with Gasteiger partial charge in [0, 0.05) is 30.9 Å². The molecule has 0 radical (unpaired) electrons. The minimum absolute atomic E-state index is 0.0373. The maximum absolute atomic E-state index is 14.1. The molecule has 2 aliphatic rings. The van der Waals surface area contributed by atoms with Crippen molar-refractivity contribution in [2.24, 2.45) is 0 Å². The third-order valence-corrected chi connectivity index (χ3v) is 10.1. The van der Waals surface area contributed by atoms with Crippen molar-refractivity contribution in [1.29, 1.82) is 0 Å². The van der Waals surface area contributed by atoms with Crippen molar-refractivity contribution in [3.05, 3.63) is 120 Å². The maximum atomic E-state index is 14.1. The molecule has 4 aromatic rings. The second kappa shape index (κ2) is 12.7. The number of hydrogen-bond acceptors (Lipinski definition) is 8. The number of carbonyl (C=O) groups excluding carboxylic acids is 4. The van der Waals surface area contributed by atoms with Crippen LogP contribution in [0, 0.1) is 0 Å². The Labute approximate surface area is 265 Å². The zero-order chi connectivity index (χ0) is 32.4. The van der Waals surface area contributed by atoms with Crippen LogP contribution in [0.2, 0.25) is 0 Å². The number of fused-ring (bicyclic) bond motifs is 1. The monoisotopic (exact) mass is 638 g/mol. The predicted octanol–water partition coefficient (Wildman–Crippen LogP) is 2.82. The third-order valence-electron chi connectivity index (χ3n) is 8.33. The van der Waals surface area contributed by atoms with Gasteiger partial charge < -0.3 is 15.3 Å². The topological polar surface area (TPSA) is 154 Å². The highest BCUT2D eigenvalue weighted by Gasteiger charge is 2.55. The molecule has 0 saturated carbocycles. The number of phenols is 1. The zero-order valence-electron chi connectivity index (χ0n) is 24.5. The Morgan fingerprint density at radius 1 is 0.891 bits per heavy atom. The molecule has 0 aliphatic carbocycles. The molecule has 2 amide bonds. The summed E-state index contributed by atoms with van der Waals surface area (Å²) in [5.41, 5.74) is 2.75. The lowest BCUT2D eigenvalue weighted by molar-refractivity contribution is -0.138. The molecular weight excluding hydrogens is 608 g/mol. The Morgan fingerprint density at radius 2 is 1.59 bits per heavy atom. The van der Waals surface area contributed by atoms with Crippen molar-refractivity contribution in [1.82, 2.24) is 19.5 Å². The molecule has 12 heteroatoms. The molecule has 6 rings (SSSR count). The first-order chi connectivity index (χ1) is 22.1. The number of rotatable bonds is 8. The fraction of sp³-hybridized carbons (Fsp3) is 0.206. The van der Waals surface area contributed by atoms with Crippen LogP contribution in [0.3, 0.4) is 0 Å². The van der Waals surface area contributed by atoms with Crippen molar-refractivity contribution < 1.29 is 32.7 Å². The van der Waals surface area contributed by atoms with Crippen LogP contribution in [0.4, 0.5) is 0 Å². The van der Waals surface area contributed by atoms with E-state index < -0.39 is 57.4 Å². The number of carbonyl (C=O) groups is 4. The largest absolute Gasteiger partial charge is 0.508 e. The highest BCUT2D eigenvalue weighted by atomic mass is 32.2. The van der Waals surface area contributed by atoms with E-state index in [4.69, 9.17) is 0 Å². The number of aromatic nitrogens is 1. The molecule has 2 aliphatic heterocycles. The summed E-state index contributed by atoms with van der Waals surface area (Å²) in [5, 5.41) is 11.4. The van der Waals surface area contributed by atoms with E-state index in [1.165, 1.54) is 35.4 Å². The SMILES string of the molecule is O=C(NC(Cc1ccc(O)cc1)C(=O)N1CCC2C1C(=O)CN2S(=O)(=O)C(=O)c1cccnc1)c1ccc(-c2ccccc2)cc1. The smallest absolute Gasteiger partial charge is 0.293 e. The van der Waals surface area contributed by atoms with E-state index in [2.05, 4.69) is 10.3 Å². The van der Waals surface area contributed by atoms with E-state index in [9.17, 15) is 32.7 Å². The van der Waals surface area contributed by atoms with Crippen LogP contribution in [0.15, 0.2) is 103 Å². The molecule has 11 nitrogen and oxygen atoms in total. The molecule has 234 valence electrons. The van der Waals surface area contributed by atoms with Crippen LogP contribution in [0.5, 0.6) is 5.75 Å². The normalized spacial score (nSPS) is 18.6. The number of nitrogens with zero attached hydrogens (tertiary/aromatic N) is 3. The number of pyridine rings is 1. The van der Waals surface area contributed by atoms with Gasteiger partial charge in [-0.05, 0) is 59.5 Å². The van der Waals surface area contributed by atoms with Gasteiger partial charge in [-0.15, -0.1) is 0 Å². The summed E-state index contributed by atoms with van der Waals surface area (Å²) in [6, 6.07) is 22.4. The van der Waals surface area contributed by atoms with Gasteiger partial charge in [0.15, 0.2) is 5.78 Å². The summed E-state index contributed by atoms with van der Waals surface area (Å²) in [7, 11) is -4.58. The first-order valence-corrected chi connectivity index (χ1v) is 16.1. The van der Waals surface area contributed by atoms with E-state index in [1.54, 1.807) is 24.3 Å². The number of amides is 2. The van der Waals surface area contributed by atoms with Gasteiger partial charge in [0.25, 0.3) is 21.0 Å². The molecule has 3 unspecified atom stereocenters. The third kappa shape index (κ3) is 6.04. The van der Waals surface area contributed by atoms with Crippen molar-refractivity contribution >= 4 is 32.7 Å². The lowest BCUT2D eigenvalue weighted by Gasteiger charge is -2.28. The molecule has 2 saturated heterocycles. The van der Waals surface area contributed by atoms with Crippen LogP contribution >= 0.6 is 0 Å². The van der Waals surface area contributed by atoms with E-state index in [1.807, 2.05) is 42.5 Å². The van der Waals surface area contributed by atoms with Crippen molar-refractivity contribution in [2.45, 2.75) is 31.0 Å². The molecule has 3 atom stereocenters. The average Bonchev–Trinajstić information content (AvgIpc) is 3.67. The number of sulfonamides is 1. The molecule has 2 N–H and O–H groups in total. The standard InChI is InChI=1S/C34H30N4O7S/c39-27-14-8-22(9-15-27)19-28(36-32(41)25-12-10-24(11-13-25)23-5-2-1-3-6-23)33(42)37-18-16-29-31(37)30(40)21-38(29)46(44,45)34(43)26-7-4-17-35-20-26/h1-15,17,20,28-29,31,39H,16,18-19,21H2,(H,36,41). The lowest BCUT2D eigenvalue weighted by Crippen LogP contribution is -2.53. The summed E-state index contributed by atoms with van der Waals surface area (Å²) >= 11 is 0. The summed E-state index contributed by atoms with van der Waals surface area (Å²) in [4.78, 5) is 58.8. The number of aromatic hydroxyl groups is 1. The van der Waals surface area contributed by atoms with Crippen LogP contribution in [-0.4, -0.2) is 81.6 Å². The Balaban J connectivity index is 1.23. The summed E-state index contributed by atoms with van der Waals surface area (Å²) in [6.07, 6.45) is 2.75. The first-order valence-electron chi connectivity index (χ1n) is 14.7. The molecule has 3 aromatic carbocycles. The number of ketones is 1. The highest BCUT2D eigenvalue weighted by molar-refractivity contribution is 8.04. The number of likely N-dealkylation sites (tertiary alicyclic amines) is 1. The highest BCUT2D eigenvalue weighted by Crippen LogP contribution is 2.33. The fourth-order valence-electron chi connectivity index (χ4n) is 6.03. The van der Waals surface area contributed by atoms with Gasteiger partial charge in [-0.1, -0.05) is 54.6 Å². The Morgan fingerprint density at radius 3 is 2.26 bits per heavy atom. The molecular formula is C34H30N4O7S. The Kier molecular flexibility index (Phi) is 8.48. The van der Waals surface area contributed by atoms with Crippen molar-refractivity contribution in [3.8, 4) is 16.9 Å². The van der Waals surface area contributed by atoms with E-state index in [0.717, 1.165) is 21.6 Å². The van der Waals surface area contributed by atoms with E-state index >= 15 is 0 Å². The van der Waals surface area contributed by atoms with Crippen molar-refractivity contribution in [2.75, 3.05) is 13.1 Å². The molecule has 0 spiro atoms. The van der Waals surface area contributed by atoms with Gasteiger partial charge in [-0.3, -0.25) is 24.2 Å². The van der Waals surface area contributed by atoms with Crippen molar-refractivity contribution in [3.63, 3.8) is 0 Å². The Bertz CT molecular complexity index is 1880. The van der Waals surface area contributed by atoms with Gasteiger partial charge in [-0.2, -0.15) is 4.31 Å². The van der Waals surface area contributed by atoms with Gasteiger partial charge in [-0.25, -0.2) is 8.42 Å². The van der Waals surface area contributed by atoms with E-state index in [-0.39, 0.29) is 30.7 Å². The molecule has 46 heavy (non-hydrogen) atoms. The van der Waals surface area contributed by atoms with Gasteiger partial charge in [0.05, 0.1) is 18.2 Å². The van der Waals surface area contributed by atoms with Crippen LogP contribution in [-0.2, 0) is 26.0 Å². The zero-order valence-corrected chi connectivity index (χ0v) is 25.3. The lowest BCUT2D eigenvalue weighted by atomic mass is 10.0. The van der Waals surface area contributed by atoms with E-state index in [0.29, 0.717) is 11.1 Å². The average molecular weight is 639 g/mol. The second-order valence-corrected chi connectivity index (χ2v) is 13.0. The first kappa shape index (κ1) is 30.8. The van der Waals surface area contributed by atoms with Crippen LogP contribution < -0.4 is 5.32 Å². The van der Waals surface area contributed by atoms with Gasteiger partial charge in [0.1, 0.15) is 17.8 Å². The Hall–Kier alpha value is -5.20. The second-order valence-electron chi connectivity index (χ2n) is 11.2. The molecule has 0 bridgehead atoms. The molecule has 3 heterocycles.